The molecule has 0 radical (unpaired) electrons. The summed E-state index contributed by atoms with van der Waals surface area (Å²) < 4.78 is 5.09. The number of aliphatic imine (C=N–C) groups is 2. The Labute approximate surface area is 146 Å². The van der Waals surface area contributed by atoms with Gasteiger partial charge in [0, 0.05) is 31.3 Å². The van der Waals surface area contributed by atoms with E-state index in [1.54, 1.807) is 18.3 Å². The van der Waals surface area contributed by atoms with Crippen molar-refractivity contribution in [2.24, 2.45) is 15.7 Å². The lowest BCUT2D eigenvalue weighted by Gasteiger charge is -2.08. The zero-order valence-electron chi connectivity index (χ0n) is 14.3. The van der Waals surface area contributed by atoms with E-state index in [1.807, 2.05) is 30.3 Å². The number of aromatic nitrogens is 1. The zero-order chi connectivity index (χ0) is 18.2. The molecule has 0 saturated carbocycles. The zero-order valence-corrected chi connectivity index (χ0v) is 14.3. The normalized spacial score (nSPS) is 11.9. The summed E-state index contributed by atoms with van der Waals surface area (Å²) in [5, 5.41) is 0. The molecule has 0 atom stereocenters. The molecule has 0 fully saturated rings. The fourth-order valence-electron chi connectivity index (χ4n) is 2.13. The van der Waals surface area contributed by atoms with Gasteiger partial charge in [0.2, 0.25) is 5.88 Å². The number of nitrogens with two attached hydrogens (primary N) is 1. The van der Waals surface area contributed by atoms with Crippen LogP contribution in [0.3, 0.4) is 0 Å². The first kappa shape index (κ1) is 18.1. The van der Waals surface area contributed by atoms with Gasteiger partial charge >= 0.3 is 0 Å². The van der Waals surface area contributed by atoms with E-state index in [0.717, 1.165) is 5.56 Å². The third-order valence-corrected chi connectivity index (χ3v) is 3.48. The maximum Gasteiger partial charge on any atom is 0.213 e. The number of hydrogen-bond acceptors (Lipinski definition) is 5. The minimum atomic E-state index is -0.225. The maximum absolute atomic E-state index is 12.6. The van der Waals surface area contributed by atoms with Crippen LogP contribution >= 0.6 is 0 Å². The van der Waals surface area contributed by atoms with Gasteiger partial charge in [0.1, 0.15) is 11.5 Å². The minimum absolute atomic E-state index is 0.0723. The van der Waals surface area contributed by atoms with Gasteiger partial charge in [-0.2, -0.15) is 0 Å². The Morgan fingerprint density at radius 2 is 2.00 bits per heavy atom. The van der Waals surface area contributed by atoms with Gasteiger partial charge in [-0.25, -0.2) is 9.98 Å². The van der Waals surface area contributed by atoms with Crippen molar-refractivity contribution in [2.45, 2.75) is 6.42 Å². The van der Waals surface area contributed by atoms with Crippen molar-refractivity contribution in [1.29, 1.82) is 0 Å². The topological polar surface area (TPSA) is 89.9 Å². The lowest BCUT2D eigenvalue weighted by Crippen LogP contribution is -2.32. The summed E-state index contributed by atoms with van der Waals surface area (Å²) in [5.74, 6) is 0.280. The molecule has 0 amide bonds. The van der Waals surface area contributed by atoms with Gasteiger partial charge in [-0.15, -0.1) is 0 Å². The molecular formula is C19H20N4O2. The second kappa shape index (κ2) is 8.54. The number of Topliss-reactive ketones (excluding diaryl/α,β-unsaturated/α-hetero) is 1. The Hall–Kier alpha value is -3.28. The van der Waals surface area contributed by atoms with Gasteiger partial charge in [0.05, 0.1) is 12.8 Å². The Bertz CT molecular complexity index is 826. The Morgan fingerprint density at radius 1 is 1.28 bits per heavy atom. The van der Waals surface area contributed by atoms with Crippen molar-refractivity contribution in [1.82, 2.24) is 4.98 Å². The Morgan fingerprint density at radius 3 is 2.64 bits per heavy atom. The van der Waals surface area contributed by atoms with Crippen LogP contribution in [0.5, 0.6) is 5.88 Å². The van der Waals surface area contributed by atoms with Crippen molar-refractivity contribution in [3.05, 3.63) is 66.4 Å². The molecule has 6 nitrogen and oxygen atoms in total. The molecule has 0 unspecified atom stereocenters. The lowest BCUT2D eigenvalue weighted by molar-refractivity contribution is -0.112. The van der Waals surface area contributed by atoms with Crippen LogP contribution in [0.2, 0.25) is 0 Å². The molecule has 0 aliphatic carbocycles. The number of pyridine rings is 1. The molecule has 1 heterocycles. The summed E-state index contributed by atoms with van der Waals surface area (Å²) in [6.45, 7) is 3.91. The molecule has 0 aliphatic heterocycles. The molecule has 2 N–H and O–H groups in total. The number of rotatable bonds is 7. The summed E-state index contributed by atoms with van der Waals surface area (Å²) >= 11 is 0. The summed E-state index contributed by atoms with van der Waals surface area (Å²) in [4.78, 5) is 24.9. The van der Waals surface area contributed by atoms with Gasteiger partial charge < -0.3 is 10.5 Å². The van der Waals surface area contributed by atoms with Crippen molar-refractivity contribution in [2.75, 3.05) is 14.2 Å². The highest BCUT2D eigenvalue weighted by Gasteiger charge is 2.17. The third-order valence-electron chi connectivity index (χ3n) is 3.48. The number of ether oxygens (including phenoxy) is 1. The monoisotopic (exact) mass is 336 g/mol. The number of benzene rings is 1. The Balaban J connectivity index is 2.31. The highest BCUT2D eigenvalue weighted by Crippen LogP contribution is 2.18. The van der Waals surface area contributed by atoms with Crippen LogP contribution in [-0.4, -0.2) is 36.5 Å². The average molecular weight is 336 g/mol. The van der Waals surface area contributed by atoms with E-state index in [-0.39, 0.29) is 23.8 Å². The average Bonchev–Trinajstić information content (AvgIpc) is 2.66. The van der Waals surface area contributed by atoms with Crippen LogP contribution in [0.1, 0.15) is 11.1 Å². The molecule has 6 heteroatoms. The van der Waals surface area contributed by atoms with Gasteiger partial charge in [-0.05, 0) is 11.6 Å². The quantitative estimate of drug-likeness (QED) is 0.620. The first-order valence-corrected chi connectivity index (χ1v) is 7.63. The fraction of sp³-hybridized carbons (Fsp3) is 0.158. The molecule has 0 spiro atoms. The molecule has 1 aromatic heterocycles. The van der Waals surface area contributed by atoms with E-state index in [0.29, 0.717) is 17.1 Å². The number of ketones is 1. The second-order valence-corrected chi connectivity index (χ2v) is 5.19. The largest absolute Gasteiger partial charge is 0.481 e. The van der Waals surface area contributed by atoms with Crippen LogP contribution in [0.15, 0.2) is 65.2 Å². The smallest absolute Gasteiger partial charge is 0.213 e. The van der Waals surface area contributed by atoms with Crippen LogP contribution in [-0.2, 0) is 11.2 Å². The van der Waals surface area contributed by atoms with Gasteiger partial charge in [-0.3, -0.25) is 9.79 Å². The molecule has 25 heavy (non-hydrogen) atoms. The molecule has 2 rings (SSSR count). The van der Waals surface area contributed by atoms with Crippen LogP contribution in [0, 0.1) is 0 Å². The van der Waals surface area contributed by atoms with Crippen LogP contribution in [0.4, 0.5) is 0 Å². The maximum atomic E-state index is 12.6. The fourth-order valence-corrected chi connectivity index (χ4v) is 2.13. The number of nitrogens with zero attached hydrogens (tertiary/aromatic N) is 3. The highest BCUT2D eigenvalue weighted by molar-refractivity contribution is 6.67. The molecule has 2 aromatic rings. The predicted octanol–water partition coefficient (Wildman–Crippen LogP) is 2.30. The Kier molecular flexibility index (Phi) is 6.17. The lowest BCUT2D eigenvalue weighted by atomic mass is 10.0. The number of methoxy groups -OCH3 is 1. The summed E-state index contributed by atoms with van der Waals surface area (Å²) in [7, 11) is 3.04. The molecule has 0 aliphatic rings. The van der Waals surface area contributed by atoms with E-state index in [4.69, 9.17) is 10.5 Å². The first-order chi connectivity index (χ1) is 12.0. The summed E-state index contributed by atoms with van der Waals surface area (Å²) in [6.07, 6.45) is 1.76. The molecule has 1 aromatic carbocycles. The van der Waals surface area contributed by atoms with E-state index < -0.39 is 0 Å². The van der Waals surface area contributed by atoms with Gasteiger partial charge in [0.15, 0.2) is 5.78 Å². The standard InChI is InChI=1S/C19H20N4O2/c1-13(15-9-10-22-17(12-15)25-3)23-18(19(20)21-2)16(24)11-14-7-5-4-6-8-14/h4-10,12H,1,11H2,2-3H3,(H2,20,21). The van der Waals surface area contributed by atoms with Crippen LogP contribution < -0.4 is 10.5 Å². The molecular weight excluding hydrogens is 316 g/mol. The molecule has 0 saturated heterocycles. The highest BCUT2D eigenvalue weighted by atomic mass is 16.5. The number of carbonyl (C=O) groups is 1. The summed E-state index contributed by atoms with van der Waals surface area (Å²) in [6, 6.07) is 12.8. The predicted molar refractivity (Wildman–Crippen MR) is 100.0 cm³/mol. The van der Waals surface area contributed by atoms with E-state index in [1.165, 1.54) is 14.2 Å². The first-order valence-electron chi connectivity index (χ1n) is 7.63. The SMILES string of the molecule is C=C(N=C(C(=O)Cc1ccccc1)C(N)=NC)c1ccnc(OC)c1. The minimum Gasteiger partial charge on any atom is -0.481 e. The van der Waals surface area contributed by atoms with E-state index >= 15 is 0 Å². The van der Waals surface area contributed by atoms with Gasteiger partial charge in [-0.1, -0.05) is 36.9 Å². The number of hydrogen-bond donors (Lipinski definition) is 1. The second-order valence-electron chi connectivity index (χ2n) is 5.19. The van der Waals surface area contributed by atoms with Crippen LogP contribution in [0.25, 0.3) is 5.70 Å². The van der Waals surface area contributed by atoms with Gasteiger partial charge in [0.25, 0.3) is 0 Å². The molecule has 128 valence electrons. The van der Waals surface area contributed by atoms with Crippen molar-refractivity contribution in [3.8, 4) is 5.88 Å². The van der Waals surface area contributed by atoms with Crippen molar-refractivity contribution in [3.63, 3.8) is 0 Å². The van der Waals surface area contributed by atoms with E-state index in [9.17, 15) is 4.79 Å². The van der Waals surface area contributed by atoms with Crippen molar-refractivity contribution < 1.29 is 9.53 Å². The summed E-state index contributed by atoms with van der Waals surface area (Å²) in [5.41, 5.74) is 7.90. The third kappa shape index (κ3) is 4.84. The number of carbonyl (C=O) groups excluding carboxylic acids is 1. The van der Waals surface area contributed by atoms with E-state index in [2.05, 4.69) is 21.5 Å². The molecule has 0 bridgehead atoms. The number of amidine groups is 1. The van der Waals surface area contributed by atoms with Crippen molar-refractivity contribution >= 4 is 23.0 Å².